The Morgan fingerprint density at radius 2 is 1.95 bits per heavy atom. The van der Waals surface area contributed by atoms with E-state index in [0.29, 0.717) is 12.3 Å². The number of rotatable bonds is 8. The first kappa shape index (κ1) is 17.0. The van der Waals surface area contributed by atoms with Gasteiger partial charge < -0.3 is 10.6 Å². The molecule has 0 saturated carbocycles. The van der Waals surface area contributed by atoms with E-state index in [0.717, 1.165) is 39.1 Å². The average molecular weight is 303 g/mol. The Kier molecular flexibility index (Phi) is 7.40. The fourth-order valence-electron chi connectivity index (χ4n) is 2.96. The van der Waals surface area contributed by atoms with Crippen molar-refractivity contribution in [1.82, 2.24) is 15.5 Å². The molecule has 1 aromatic rings. The molecule has 0 aromatic heterocycles. The molecule has 2 rings (SSSR count). The zero-order valence-electron chi connectivity index (χ0n) is 13.7. The third kappa shape index (κ3) is 6.16. The summed E-state index contributed by atoms with van der Waals surface area (Å²) >= 11 is 0. The molecular formula is C18H29N3O. The Bertz CT molecular complexity index is 427. The van der Waals surface area contributed by atoms with Crippen LogP contribution in [0, 0.1) is 5.92 Å². The maximum absolute atomic E-state index is 11.7. The number of piperidine rings is 1. The lowest BCUT2D eigenvalue weighted by molar-refractivity contribution is -0.121. The molecular weight excluding hydrogens is 274 g/mol. The molecule has 4 heteroatoms. The third-order valence-electron chi connectivity index (χ3n) is 4.37. The van der Waals surface area contributed by atoms with Crippen LogP contribution in [-0.4, -0.2) is 44.0 Å². The van der Waals surface area contributed by atoms with Gasteiger partial charge in [0.1, 0.15) is 0 Å². The Labute approximate surface area is 134 Å². The van der Waals surface area contributed by atoms with Crippen molar-refractivity contribution in [3.05, 3.63) is 35.9 Å². The van der Waals surface area contributed by atoms with E-state index in [1.54, 1.807) is 0 Å². The fraction of sp³-hybridized carbons (Fsp3) is 0.611. The molecule has 1 fully saturated rings. The minimum atomic E-state index is 0.196. The van der Waals surface area contributed by atoms with Crippen LogP contribution < -0.4 is 10.6 Å². The normalized spacial score (nSPS) is 16.6. The van der Waals surface area contributed by atoms with Crippen LogP contribution in [0.2, 0.25) is 0 Å². The van der Waals surface area contributed by atoms with Crippen molar-refractivity contribution < 1.29 is 4.79 Å². The fourth-order valence-corrected chi connectivity index (χ4v) is 2.96. The van der Waals surface area contributed by atoms with Gasteiger partial charge in [-0.05, 0) is 57.4 Å². The molecule has 0 spiro atoms. The van der Waals surface area contributed by atoms with Crippen LogP contribution in [0.1, 0.15) is 31.2 Å². The molecule has 0 unspecified atom stereocenters. The van der Waals surface area contributed by atoms with Crippen molar-refractivity contribution in [2.24, 2.45) is 5.92 Å². The summed E-state index contributed by atoms with van der Waals surface area (Å²) in [5.74, 6) is 0.835. The summed E-state index contributed by atoms with van der Waals surface area (Å²) in [4.78, 5) is 14.2. The quantitative estimate of drug-likeness (QED) is 0.722. The van der Waals surface area contributed by atoms with Crippen molar-refractivity contribution in [3.8, 4) is 0 Å². The molecule has 4 nitrogen and oxygen atoms in total. The summed E-state index contributed by atoms with van der Waals surface area (Å²) in [6.07, 6.45) is 3.92. The minimum Gasteiger partial charge on any atom is -0.356 e. The molecule has 1 aliphatic rings. The van der Waals surface area contributed by atoms with Crippen LogP contribution >= 0.6 is 0 Å². The first-order chi connectivity index (χ1) is 10.8. The maximum atomic E-state index is 11.7. The number of likely N-dealkylation sites (tertiary alicyclic amines) is 1. The number of hydrogen-bond acceptors (Lipinski definition) is 3. The molecule has 1 amide bonds. The highest BCUT2D eigenvalue weighted by Crippen LogP contribution is 2.18. The Morgan fingerprint density at radius 3 is 2.64 bits per heavy atom. The predicted octanol–water partition coefficient (Wildman–Crippen LogP) is 2.01. The van der Waals surface area contributed by atoms with Gasteiger partial charge in [-0.3, -0.25) is 9.69 Å². The summed E-state index contributed by atoms with van der Waals surface area (Å²) in [6, 6.07) is 10.7. The van der Waals surface area contributed by atoms with Gasteiger partial charge in [0.25, 0.3) is 0 Å². The molecule has 0 atom stereocenters. The van der Waals surface area contributed by atoms with Gasteiger partial charge in [0, 0.05) is 19.5 Å². The number of nitrogens with one attached hydrogen (secondary N) is 2. The lowest BCUT2D eigenvalue weighted by Gasteiger charge is -2.32. The van der Waals surface area contributed by atoms with Crippen LogP contribution in [0.15, 0.2) is 30.3 Å². The van der Waals surface area contributed by atoms with Crippen LogP contribution in [0.4, 0.5) is 0 Å². The van der Waals surface area contributed by atoms with E-state index in [9.17, 15) is 4.79 Å². The Balaban J connectivity index is 1.60. The van der Waals surface area contributed by atoms with E-state index in [4.69, 9.17) is 0 Å². The molecule has 0 aliphatic carbocycles. The van der Waals surface area contributed by atoms with E-state index < -0.39 is 0 Å². The van der Waals surface area contributed by atoms with Crippen molar-refractivity contribution >= 4 is 5.91 Å². The summed E-state index contributed by atoms with van der Waals surface area (Å²) in [5, 5.41) is 6.16. The summed E-state index contributed by atoms with van der Waals surface area (Å²) in [5.41, 5.74) is 1.39. The van der Waals surface area contributed by atoms with E-state index >= 15 is 0 Å². The van der Waals surface area contributed by atoms with Crippen molar-refractivity contribution in [2.75, 3.05) is 33.2 Å². The molecule has 0 radical (unpaired) electrons. The van der Waals surface area contributed by atoms with Gasteiger partial charge >= 0.3 is 0 Å². The van der Waals surface area contributed by atoms with Crippen LogP contribution in [0.25, 0.3) is 0 Å². The minimum absolute atomic E-state index is 0.196. The number of amides is 1. The highest BCUT2D eigenvalue weighted by molar-refractivity contribution is 5.75. The second-order valence-corrected chi connectivity index (χ2v) is 6.22. The zero-order valence-corrected chi connectivity index (χ0v) is 13.7. The second kappa shape index (κ2) is 9.59. The van der Waals surface area contributed by atoms with Gasteiger partial charge in [0.2, 0.25) is 5.91 Å². The summed E-state index contributed by atoms with van der Waals surface area (Å²) < 4.78 is 0. The molecule has 1 aromatic carbocycles. The topological polar surface area (TPSA) is 44.4 Å². The average Bonchev–Trinajstić information content (AvgIpc) is 2.55. The molecule has 2 N–H and O–H groups in total. The largest absolute Gasteiger partial charge is 0.356 e. The van der Waals surface area contributed by atoms with Crippen LogP contribution in [0.3, 0.4) is 0 Å². The lowest BCUT2D eigenvalue weighted by Crippen LogP contribution is -2.38. The highest BCUT2D eigenvalue weighted by Gasteiger charge is 2.19. The number of carbonyl (C=O) groups excluding carboxylic acids is 1. The van der Waals surface area contributed by atoms with E-state index in [1.165, 1.54) is 18.4 Å². The third-order valence-corrected chi connectivity index (χ3v) is 4.37. The SMILES string of the molecule is CNCCCC(=O)NCC1CCN(Cc2ccccc2)CC1. The Morgan fingerprint density at radius 1 is 1.23 bits per heavy atom. The molecule has 1 aliphatic heterocycles. The van der Waals surface area contributed by atoms with E-state index in [1.807, 2.05) is 7.05 Å². The van der Waals surface area contributed by atoms with Crippen molar-refractivity contribution in [2.45, 2.75) is 32.2 Å². The summed E-state index contributed by atoms with van der Waals surface area (Å²) in [6.45, 7) is 5.07. The number of carbonyl (C=O) groups is 1. The monoisotopic (exact) mass is 303 g/mol. The molecule has 22 heavy (non-hydrogen) atoms. The molecule has 122 valence electrons. The molecule has 1 heterocycles. The van der Waals surface area contributed by atoms with Gasteiger partial charge in [0.15, 0.2) is 0 Å². The number of benzene rings is 1. The number of nitrogens with zero attached hydrogens (tertiary/aromatic N) is 1. The highest BCUT2D eigenvalue weighted by atomic mass is 16.1. The van der Waals surface area contributed by atoms with Gasteiger partial charge in [-0.15, -0.1) is 0 Å². The molecule has 0 bridgehead atoms. The van der Waals surface area contributed by atoms with Crippen molar-refractivity contribution in [3.63, 3.8) is 0 Å². The second-order valence-electron chi connectivity index (χ2n) is 6.22. The van der Waals surface area contributed by atoms with Gasteiger partial charge in [-0.2, -0.15) is 0 Å². The zero-order chi connectivity index (χ0) is 15.6. The van der Waals surface area contributed by atoms with Crippen molar-refractivity contribution in [1.29, 1.82) is 0 Å². The first-order valence-electron chi connectivity index (χ1n) is 8.45. The Hall–Kier alpha value is -1.39. The van der Waals surface area contributed by atoms with Gasteiger partial charge in [-0.25, -0.2) is 0 Å². The van der Waals surface area contributed by atoms with Gasteiger partial charge in [-0.1, -0.05) is 30.3 Å². The van der Waals surface area contributed by atoms with Gasteiger partial charge in [0.05, 0.1) is 0 Å². The molecule has 1 saturated heterocycles. The summed E-state index contributed by atoms with van der Waals surface area (Å²) in [7, 11) is 1.92. The number of hydrogen-bond donors (Lipinski definition) is 2. The van der Waals surface area contributed by atoms with E-state index in [2.05, 4.69) is 45.9 Å². The van der Waals surface area contributed by atoms with Crippen LogP contribution in [-0.2, 0) is 11.3 Å². The smallest absolute Gasteiger partial charge is 0.220 e. The van der Waals surface area contributed by atoms with Crippen LogP contribution in [0.5, 0.6) is 0 Å². The standard InChI is InChI=1S/C18H29N3O/c1-19-11-5-8-18(22)20-14-16-9-12-21(13-10-16)15-17-6-3-2-4-7-17/h2-4,6-7,16,19H,5,8-15H2,1H3,(H,20,22). The predicted molar refractivity (Wildman–Crippen MR) is 90.6 cm³/mol. The maximum Gasteiger partial charge on any atom is 0.220 e. The lowest BCUT2D eigenvalue weighted by atomic mass is 9.96. The van der Waals surface area contributed by atoms with E-state index in [-0.39, 0.29) is 5.91 Å². The first-order valence-corrected chi connectivity index (χ1v) is 8.45.